The van der Waals surface area contributed by atoms with E-state index in [0.717, 1.165) is 33.2 Å². The molecule has 0 saturated carbocycles. The van der Waals surface area contributed by atoms with Gasteiger partial charge in [0.2, 0.25) is 0 Å². The van der Waals surface area contributed by atoms with Crippen LogP contribution in [0.2, 0.25) is 0 Å². The second kappa shape index (κ2) is 4.27. The zero-order valence-electron chi connectivity index (χ0n) is 10.4. The molecule has 0 radical (unpaired) electrons. The zero-order valence-corrected chi connectivity index (χ0v) is 10.4. The molecule has 0 aliphatic heterocycles. The van der Waals surface area contributed by atoms with Crippen LogP contribution in [-0.2, 0) is 0 Å². The van der Waals surface area contributed by atoms with E-state index in [2.05, 4.69) is 30.6 Å². The van der Waals surface area contributed by atoms with Crippen LogP contribution in [0.5, 0.6) is 0 Å². The van der Waals surface area contributed by atoms with Gasteiger partial charge >= 0.3 is 0 Å². The first-order valence-electron chi connectivity index (χ1n) is 6.16. The number of hydrogen-bond donors (Lipinski definition) is 2. The third-order valence-corrected chi connectivity index (χ3v) is 3.13. The molecule has 0 saturated heterocycles. The Morgan fingerprint density at radius 3 is 1.70 bits per heavy atom. The van der Waals surface area contributed by atoms with Crippen molar-refractivity contribution in [1.29, 1.82) is 0 Å². The van der Waals surface area contributed by atoms with Crippen molar-refractivity contribution in [2.75, 3.05) is 0 Å². The number of nitrogens with one attached hydrogen (secondary N) is 2. The Morgan fingerprint density at radius 1 is 0.700 bits per heavy atom. The lowest BCUT2D eigenvalue weighted by Gasteiger charge is -1.94. The van der Waals surface area contributed by atoms with Gasteiger partial charge in [0.1, 0.15) is 0 Å². The van der Waals surface area contributed by atoms with Gasteiger partial charge in [0.15, 0.2) is 0 Å². The molecular weight excluding hydrogens is 252 g/mol. The molecule has 0 aliphatic rings. The van der Waals surface area contributed by atoms with Crippen LogP contribution < -0.4 is 0 Å². The highest BCUT2D eigenvalue weighted by Gasteiger charge is 1.99. The monoisotopic (exact) mass is 262 g/mol. The summed E-state index contributed by atoms with van der Waals surface area (Å²) < 4.78 is 0. The smallest absolute Gasteiger partial charge is 0.0878 e. The van der Waals surface area contributed by atoms with Gasteiger partial charge in [-0.2, -0.15) is 20.4 Å². The van der Waals surface area contributed by atoms with E-state index in [0.29, 0.717) is 0 Å². The molecule has 0 unspecified atom stereocenters. The number of benzene rings is 2. The molecule has 4 rings (SSSR count). The largest absolute Gasteiger partial charge is 0.278 e. The summed E-state index contributed by atoms with van der Waals surface area (Å²) in [5.74, 6) is 0. The molecule has 2 heterocycles. The fourth-order valence-electron chi connectivity index (χ4n) is 2.09. The van der Waals surface area contributed by atoms with Gasteiger partial charge < -0.3 is 0 Å². The van der Waals surface area contributed by atoms with Crippen molar-refractivity contribution in [1.82, 2.24) is 20.4 Å². The second-order valence-electron chi connectivity index (χ2n) is 4.48. The van der Waals surface area contributed by atoms with E-state index in [1.807, 2.05) is 36.4 Å². The van der Waals surface area contributed by atoms with Crippen molar-refractivity contribution in [3.63, 3.8) is 0 Å². The van der Waals surface area contributed by atoms with Crippen molar-refractivity contribution < 1.29 is 0 Å². The summed E-state index contributed by atoms with van der Waals surface area (Å²) in [6.45, 7) is 0. The maximum absolute atomic E-state index is 4.24. The molecule has 0 amide bonds. The Balaban J connectivity index is 1.69. The third-order valence-electron chi connectivity index (χ3n) is 3.13. The first-order chi connectivity index (χ1) is 9.88. The quantitative estimate of drug-likeness (QED) is 0.538. The number of azo groups is 1. The highest BCUT2D eigenvalue weighted by molar-refractivity contribution is 5.81. The van der Waals surface area contributed by atoms with Gasteiger partial charge in [-0.25, -0.2) is 0 Å². The van der Waals surface area contributed by atoms with Crippen LogP contribution >= 0.6 is 0 Å². The molecule has 0 bridgehead atoms. The van der Waals surface area contributed by atoms with Gasteiger partial charge in [-0.1, -0.05) is 0 Å². The molecule has 6 nitrogen and oxygen atoms in total. The first-order valence-corrected chi connectivity index (χ1v) is 6.16. The van der Waals surface area contributed by atoms with Crippen LogP contribution in [0.15, 0.2) is 59.0 Å². The number of aromatic amines is 2. The van der Waals surface area contributed by atoms with Crippen LogP contribution in [0, 0.1) is 0 Å². The molecular formula is C14H10N6. The summed E-state index contributed by atoms with van der Waals surface area (Å²) >= 11 is 0. The van der Waals surface area contributed by atoms with Crippen LogP contribution in [-0.4, -0.2) is 20.4 Å². The van der Waals surface area contributed by atoms with Crippen molar-refractivity contribution in [2.45, 2.75) is 0 Å². The van der Waals surface area contributed by atoms with Gasteiger partial charge in [-0.3, -0.25) is 10.2 Å². The predicted octanol–water partition coefficient (Wildman–Crippen LogP) is 3.85. The van der Waals surface area contributed by atoms with E-state index in [1.165, 1.54) is 0 Å². The van der Waals surface area contributed by atoms with E-state index in [4.69, 9.17) is 0 Å². The fraction of sp³-hybridized carbons (Fsp3) is 0. The van der Waals surface area contributed by atoms with Crippen molar-refractivity contribution in [3.8, 4) is 0 Å². The molecule has 0 spiro atoms. The Morgan fingerprint density at radius 2 is 1.20 bits per heavy atom. The standard InChI is InChI=1S/C14H10N6/c1-3-11(5-13-9(1)7-15-19-13)17-18-12-4-2-10-8-16-20-14(10)6-12/h1-8H,(H,15,19)(H,16,20). The molecule has 96 valence electrons. The summed E-state index contributed by atoms with van der Waals surface area (Å²) in [6, 6.07) is 11.6. The molecule has 20 heavy (non-hydrogen) atoms. The molecule has 2 aromatic carbocycles. The van der Waals surface area contributed by atoms with Crippen LogP contribution in [0.3, 0.4) is 0 Å². The average Bonchev–Trinajstić information content (AvgIpc) is 3.12. The van der Waals surface area contributed by atoms with Gasteiger partial charge in [0.25, 0.3) is 0 Å². The lowest BCUT2D eigenvalue weighted by molar-refractivity contribution is 1.12. The number of fused-ring (bicyclic) bond motifs is 2. The van der Waals surface area contributed by atoms with Crippen LogP contribution in [0.4, 0.5) is 11.4 Å². The lowest BCUT2D eigenvalue weighted by Crippen LogP contribution is -1.70. The number of rotatable bonds is 2. The third kappa shape index (κ3) is 1.83. The molecule has 2 aromatic heterocycles. The minimum Gasteiger partial charge on any atom is -0.278 e. The number of H-pyrrole nitrogens is 2. The summed E-state index contributed by atoms with van der Waals surface area (Å²) in [7, 11) is 0. The van der Waals surface area contributed by atoms with E-state index in [9.17, 15) is 0 Å². The van der Waals surface area contributed by atoms with Gasteiger partial charge in [-0.05, 0) is 36.4 Å². The molecule has 0 aliphatic carbocycles. The zero-order chi connectivity index (χ0) is 13.4. The van der Waals surface area contributed by atoms with Crippen LogP contribution in [0.25, 0.3) is 21.8 Å². The normalized spacial score (nSPS) is 11.8. The lowest BCUT2D eigenvalue weighted by atomic mass is 10.2. The van der Waals surface area contributed by atoms with Crippen molar-refractivity contribution >= 4 is 33.2 Å². The van der Waals surface area contributed by atoms with E-state index < -0.39 is 0 Å². The minimum atomic E-state index is 0.784. The van der Waals surface area contributed by atoms with Crippen LogP contribution in [0.1, 0.15) is 0 Å². The summed E-state index contributed by atoms with van der Waals surface area (Å²) in [5.41, 5.74) is 3.47. The molecule has 0 fully saturated rings. The first kappa shape index (κ1) is 10.9. The van der Waals surface area contributed by atoms with Crippen molar-refractivity contribution in [3.05, 3.63) is 48.8 Å². The summed E-state index contributed by atoms with van der Waals surface area (Å²) in [6.07, 6.45) is 3.56. The summed E-state index contributed by atoms with van der Waals surface area (Å²) in [4.78, 5) is 0. The SMILES string of the molecule is c1cc2cn[nH]c2cc1N=Nc1ccc2cn[nH]c2c1. The Hall–Kier alpha value is -3.02. The molecule has 4 aromatic rings. The number of hydrogen-bond acceptors (Lipinski definition) is 4. The fourth-order valence-corrected chi connectivity index (χ4v) is 2.09. The number of aromatic nitrogens is 4. The highest BCUT2D eigenvalue weighted by Crippen LogP contribution is 2.23. The summed E-state index contributed by atoms with van der Waals surface area (Å²) in [5, 5.41) is 24.4. The Labute approximate surface area is 113 Å². The van der Waals surface area contributed by atoms with Gasteiger partial charge in [0, 0.05) is 10.8 Å². The Kier molecular flexibility index (Phi) is 2.32. The Bertz CT molecular complexity index is 841. The van der Waals surface area contributed by atoms with E-state index in [1.54, 1.807) is 12.4 Å². The van der Waals surface area contributed by atoms with Gasteiger partial charge in [0.05, 0.1) is 34.8 Å². The molecule has 0 atom stereocenters. The predicted molar refractivity (Wildman–Crippen MR) is 76.4 cm³/mol. The molecule has 2 N–H and O–H groups in total. The topological polar surface area (TPSA) is 82.1 Å². The minimum absolute atomic E-state index is 0.784. The number of nitrogens with zero attached hydrogens (tertiary/aromatic N) is 4. The molecule has 6 heteroatoms. The van der Waals surface area contributed by atoms with Crippen molar-refractivity contribution in [2.24, 2.45) is 10.2 Å². The maximum Gasteiger partial charge on any atom is 0.0878 e. The van der Waals surface area contributed by atoms with E-state index >= 15 is 0 Å². The van der Waals surface area contributed by atoms with E-state index in [-0.39, 0.29) is 0 Å². The average molecular weight is 262 g/mol. The maximum atomic E-state index is 4.24. The second-order valence-corrected chi connectivity index (χ2v) is 4.48. The highest BCUT2D eigenvalue weighted by atomic mass is 15.1. The van der Waals surface area contributed by atoms with Gasteiger partial charge in [-0.15, -0.1) is 0 Å².